The average molecular weight is 521 g/mol. The number of aromatic nitrogens is 1. The maximum Gasteiger partial charge on any atom is 0.246 e. The molecule has 1 aliphatic heterocycles. The molecular weight excluding hydrogens is 479 g/mol. The molecule has 0 saturated carbocycles. The van der Waals surface area contributed by atoms with Gasteiger partial charge in [-0.25, -0.2) is 9.37 Å². The van der Waals surface area contributed by atoms with Gasteiger partial charge in [0.05, 0.1) is 28.7 Å². The molecule has 4 atom stereocenters. The van der Waals surface area contributed by atoms with Crippen LogP contribution >= 0.6 is 11.3 Å². The minimum atomic E-state index is -1.30. The molecule has 0 bridgehead atoms. The summed E-state index contributed by atoms with van der Waals surface area (Å²) < 4.78 is 14.4. The quantitative estimate of drug-likeness (QED) is 0.520. The van der Waals surface area contributed by atoms with Gasteiger partial charge in [-0.15, -0.1) is 24.5 Å². The Labute approximate surface area is 220 Å². The fourth-order valence-electron chi connectivity index (χ4n) is 4.19. The van der Waals surface area contributed by atoms with E-state index in [1.165, 1.54) is 11.8 Å². The molecule has 0 radical (unpaired) electrons. The van der Waals surface area contributed by atoms with E-state index in [1.54, 1.807) is 11.3 Å². The molecule has 9 heteroatoms. The van der Waals surface area contributed by atoms with Crippen LogP contribution in [0.2, 0.25) is 0 Å². The van der Waals surface area contributed by atoms with Gasteiger partial charge in [-0.1, -0.05) is 45.0 Å². The normalized spacial score (nSPS) is 19.0. The first-order valence-corrected chi connectivity index (χ1v) is 12.8. The molecule has 1 aromatic carbocycles. The number of rotatable bonds is 6. The Kier molecular flexibility index (Phi) is 9.93. The number of alkyl halides is 1. The number of amides is 3. The van der Waals surface area contributed by atoms with Crippen molar-refractivity contribution in [3.63, 3.8) is 0 Å². The number of carbonyl (C=O) groups excluding carboxylic acids is 3. The van der Waals surface area contributed by atoms with Crippen molar-refractivity contribution in [3.05, 3.63) is 54.2 Å². The van der Waals surface area contributed by atoms with Gasteiger partial charge in [0.25, 0.3) is 0 Å². The molecule has 7 nitrogen and oxygen atoms in total. The van der Waals surface area contributed by atoms with E-state index in [4.69, 9.17) is 0 Å². The zero-order valence-electron chi connectivity index (χ0n) is 21.9. The number of likely N-dealkylation sites (tertiary alicyclic amines) is 1. The molecule has 2 N–H and O–H groups in total. The van der Waals surface area contributed by atoms with E-state index in [1.807, 2.05) is 64.4 Å². The summed E-state index contributed by atoms with van der Waals surface area (Å²) in [4.78, 5) is 44.7. The highest BCUT2D eigenvalue weighted by molar-refractivity contribution is 7.13. The summed E-state index contributed by atoms with van der Waals surface area (Å²) in [5, 5.41) is 5.60. The van der Waals surface area contributed by atoms with Crippen LogP contribution in [-0.4, -0.2) is 52.4 Å². The topological polar surface area (TPSA) is 91.4 Å². The summed E-state index contributed by atoms with van der Waals surface area (Å²) >= 11 is 1.57. The Morgan fingerprint density at radius 1 is 1.19 bits per heavy atom. The zero-order chi connectivity index (χ0) is 27.2. The van der Waals surface area contributed by atoms with Crippen LogP contribution in [-0.2, 0) is 14.4 Å². The summed E-state index contributed by atoms with van der Waals surface area (Å²) in [5.41, 5.74) is 4.14. The van der Waals surface area contributed by atoms with Crippen LogP contribution in [0.5, 0.6) is 0 Å². The van der Waals surface area contributed by atoms with Crippen LogP contribution in [0, 0.1) is 12.3 Å². The third-order valence-corrected chi connectivity index (χ3v) is 7.05. The third kappa shape index (κ3) is 7.00. The van der Waals surface area contributed by atoms with Crippen molar-refractivity contribution >= 4 is 29.1 Å². The first-order valence-electron chi connectivity index (χ1n) is 11.9. The lowest BCUT2D eigenvalue weighted by molar-refractivity contribution is -0.143. The lowest BCUT2D eigenvalue weighted by atomic mass is 9.85. The first kappa shape index (κ1) is 29.2. The van der Waals surface area contributed by atoms with Crippen molar-refractivity contribution < 1.29 is 21.6 Å². The largest absolute Gasteiger partial charge is 0.348 e. The second kappa shape index (κ2) is 12.3. The van der Waals surface area contributed by atoms with Gasteiger partial charge in [0.15, 0.2) is 0 Å². The second-order valence-corrected chi connectivity index (χ2v) is 10.8. The standard InChI is InChI=1S/C25H33FN4O3S.C2H4.2H2/c1-14(17-7-9-18(10-8-17)21-15(2)27-13-34-21)28-23(32)20-11-19(26)12-30(20)24(33)22(25(4,5)6)29-16(3)31;1-2;;/h7-10,13-14,19-20,22H,11-12H2,1-6H3,(H,28,32)(H,29,31);1-2H2;2*1H/t14-,19+,20-,22+;;;/m0.../s1. The van der Waals surface area contributed by atoms with Crippen LogP contribution in [0.15, 0.2) is 42.9 Å². The van der Waals surface area contributed by atoms with E-state index in [0.717, 1.165) is 21.7 Å². The predicted octanol–water partition coefficient (Wildman–Crippen LogP) is 5.08. The summed E-state index contributed by atoms with van der Waals surface area (Å²) in [5.74, 6) is -1.20. The Balaban J connectivity index is 0.00000334. The van der Waals surface area contributed by atoms with E-state index < -0.39 is 35.5 Å². The molecule has 2 heterocycles. The van der Waals surface area contributed by atoms with Crippen LogP contribution in [0.4, 0.5) is 4.39 Å². The van der Waals surface area contributed by atoms with E-state index in [9.17, 15) is 18.8 Å². The van der Waals surface area contributed by atoms with Crippen molar-refractivity contribution in [1.82, 2.24) is 20.5 Å². The molecule has 1 aliphatic rings. The SMILES string of the molecule is C=C.CC(=O)N[C@H](C(=O)N1C[C@H](F)C[C@H]1C(=O)N[C@@H](C)c1ccc(-c2scnc2C)cc1)C(C)(C)C.[HH].[HH]. The van der Waals surface area contributed by atoms with Crippen LogP contribution < -0.4 is 10.6 Å². The highest BCUT2D eigenvalue weighted by Gasteiger charge is 2.45. The number of hydrogen-bond donors (Lipinski definition) is 2. The molecule has 0 aliphatic carbocycles. The molecule has 2 aromatic rings. The molecule has 1 fully saturated rings. The van der Waals surface area contributed by atoms with Gasteiger partial charge in [-0.3, -0.25) is 14.4 Å². The first-order chi connectivity index (χ1) is 16.9. The maximum absolute atomic E-state index is 14.4. The third-order valence-electron chi connectivity index (χ3n) is 6.07. The molecule has 0 spiro atoms. The Bertz CT molecular complexity index is 1080. The summed E-state index contributed by atoms with van der Waals surface area (Å²) in [6, 6.07) is 5.76. The van der Waals surface area contributed by atoms with E-state index in [0.29, 0.717) is 0 Å². The summed E-state index contributed by atoms with van der Waals surface area (Å²) in [6.45, 7) is 16.5. The molecule has 0 unspecified atom stereocenters. The molecule has 36 heavy (non-hydrogen) atoms. The van der Waals surface area contributed by atoms with Crippen molar-refractivity contribution in [1.29, 1.82) is 0 Å². The number of aryl methyl sites for hydroxylation is 1. The average Bonchev–Trinajstić information content (AvgIpc) is 3.43. The van der Waals surface area contributed by atoms with Gasteiger partial charge in [0, 0.05) is 16.2 Å². The van der Waals surface area contributed by atoms with E-state index in [-0.39, 0.29) is 27.8 Å². The van der Waals surface area contributed by atoms with Crippen molar-refractivity contribution in [2.24, 2.45) is 5.41 Å². The van der Waals surface area contributed by atoms with E-state index >= 15 is 0 Å². The second-order valence-electron chi connectivity index (χ2n) is 9.96. The van der Waals surface area contributed by atoms with Gasteiger partial charge < -0.3 is 15.5 Å². The van der Waals surface area contributed by atoms with Crippen molar-refractivity contribution in [3.8, 4) is 10.4 Å². The Morgan fingerprint density at radius 3 is 2.31 bits per heavy atom. The number of halogens is 1. The summed E-state index contributed by atoms with van der Waals surface area (Å²) in [7, 11) is 0. The maximum atomic E-state index is 14.4. The Hall–Kier alpha value is -3.07. The van der Waals surface area contributed by atoms with Gasteiger partial charge in [0.1, 0.15) is 18.3 Å². The smallest absolute Gasteiger partial charge is 0.246 e. The molecule has 1 aromatic heterocycles. The molecular formula is C27H41FN4O3S. The minimum absolute atomic E-state index is 0. The van der Waals surface area contributed by atoms with Crippen LogP contribution in [0.25, 0.3) is 10.4 Å². The fraction of sp³-hybridized carbons (Fsp3) is 0.481. The van der Waals surface area contributed by atoms with Gasteiger partial charge in [-0.05, 0) is 30.4 Å². The number of nitrogens with one attached hydrogen (secondary N) is 2. The van der Waals surface area contributed by atoms with Crippen LogP contribution in [0.1, 0.15) is 61.2 Å². The molecule has 3 amide bonds. The lowest BCUT2D eigenvalue weighted by Crippen LogP contribution is -2.57. The molecule has 200 valence electrons. The number of thiazole rings is 1. The molecule has 1 saturated heterocycles. The highest BCUT2D eigenvalue weighted by atomic mass is 32.1. The predicted molar refractivity (Wildman–Crippen MR) is 146 cm³/mol. The van der Waals surface area contributed by atoms with Crippen molar-refractivity contribution in [2.45, 2.75) is 72.3 Å². The Morgan fingerprint density at radius 2 is 1.81 bits per heavy atom. The minimum Gasteiger partial charge on any atom is -0.348 e. The summed E-state index contributed by atoms with van der Waals surface area (Å²) in [6.07, 6.45) is -1.36. The highest BCUT2D eigenvalue weighted by Crippen LogP contribution is 2.30. The molecule has 3 rings (SSSR count). The fourth-order valence-corrected chi connectivity index (χ4v) is 5.00. The van der Waals surface area contributed by atoms with Crippen molar-refractivity contribution in [2.75, 3.05) is 6.54 Å². The number of benzene rings is 1. The number of carbonyl (C=O) groups is 3. The van der Waals surface area contributed by atoms with Crippen LogP contribution in [0.3, 0.4) is 0 Å². The van der Waals surface area contributed by atoms with Gasteiger partial charge in [-0.2, -0.15) is 0 Å². The van der Waals surface area contributed by atoms with Gasteiger partial charge >= 0.3 is 0 Å². The number of nitrogens with zero attached hydrogens (tertiary/aromatic N) is 2. The lowest BCUT2D eigenvalue weighted by Gasteiger charge is -2.35. The van der Waals surface area contributed by atoms with E-state index in [2.05, 4.69) is 28.8 Å². The van der Waals surface area contributed by atoms with Gasteiger partial charge in [0.2, 0.25) is 17.7 Å². The number of hydrogen-bond acceptors (Lipinski definition) is 5. The zero-order valence-corrected chi connectivity index (χ0v) is 22.7. The monoisotopic (exact) mass is 520 g/mol.